The fourth-order valence-corrected chi connectivity index (χ4v) is 3.72. The summed E-state index contributed by atoms with van der Waals surface area (Å²) in [7, 11) is 0. The average molecular weight is 245 g/mol. The first-order valence-electron chi connectivity index (χ1n) is 6.82. The highest BCUT2D eigenvalue weighted by molar-refractivity contribution is 5.93. The lowest BCUT2D eigenvalue weighted by Gasteiger charge is -2.39. The minimum Gasteiger partial charge on any atom is -0.366 e. The van der Waals surface area contributed by atoms with E-state index in [4.69, 9.17) is 5.73 Å². The topological polar surface area (TPSA) is 43.1 Å². The Morgan fingerprint density at radius 1 is 1.22 bits per heavy atom. The molecule has 2 rings (SSSR count). The molecule has 0 unspecified atom stereocenters. The SMILES string of the molecule is CC(C)C1(C(C)C)CCc2ccc(C(N)=O)cc21. The van der Waals surface area contributed by atoms with Crippen LogP contribution in [0, 0.1) is 11.8 Å². The summed E-state index contributed by atoms with van der Waals surface area (Å²) in [5.41, 5.74) is 8.99. The molecule has 0 bridgehead atoms. The molecular formula is C16H23NO. The molecule has 18 heavy (non-hydrogen) atoms. The first-order chi connectivity index (χ1) is 8.39. The van der Waals surface area contributed by atoms with Crippen LogP contribution in [0.5, 0.6) is 0 Å². The van der Waals surface area contributed by atoms with Crippen molar-refractivity contribution in [2.24, 2.45) is 17.6 Å². The number of aryl methyl sites for hydroxylation is 1. The molecule has 98 valence electrons. The van der Waals surface area contributed by atoms with E-state index in [2.05, 4.69) is 33.8 Å². The largest absolute Gasteiger partial charge is 0.366 e. The van der Waals surface area contributed by atoms with E-state index >= 15 is 0 Å². The van der Waals surface area contributed by atoms with Crippen LogP contribution in [0.25, 0.3) is 0 Å². The zero-order valence-electron chi connectivity index (χ0n) is 11.8. The molecular weight excluding hydrogens is 222 g/mol. The van der Waals surface area contributed by atoms with E-state index in [9.17, 15) is 4.79 Å². The molecule has 1 aromatic carbocycles. The van der Waals surface area contributed by atoms with E-state index in [0.29, 0.717) is 17.4 Å². The Morgan fingerprint density at radius 3 is 2.33 bits per heavy atom. The van der Waals surface area contributed by atoms with Crippen molar-refractivity contribution in [3.63, 3.8) is 0 Å². The summed E-state index contributed by atoms with van der Waals surface area (Å²) in [6, 6.07) is 5.98. The van der Waals surface area contributed by atoms with Crippen molar-refractivity contribution in [3.8, 4) is 0 Å². The quantitative estimate of drug-likeness (QED) is 0.872. The van der Waals surface area contributed by atoms with Gasteiger partial charge in [0, 0.05) is 11.0 Å². The lowest BCUT2D eigenvalue weighted by Crippen LogP contribution is -2.35. The van der Waals surface area contributed by atoms with Gasteiger partial charge in [-0.15, -0.1) is 0 Å². The van der Waals surface area contributed by atoms with Crippen molar-refractivity contribution in [1.29, 1.82) is 0 Å². The van der Waals surface area contributed by atoms with Gasteiger partial charge in [0.05, 0.1) is 0 Å². The van der Waals surface area contributed by atoms with E-state index in [0.717, 1.165) is 6.42 Å². The number of carbonyl (C=O) groups is 1. The van der Waals surface area contributed by atoms with E-state index in [1.807, 2.05) is 12.1 Å². The maximum absolute atomic E-state index is 11.4. The van der Waals surface area contributed by atoms with Crippen molar-refractivity contribution in [3.05, 3.63) is 34.9 Å². The molecule has 0 fully saturated rings. The summed E-state index contributed by atoms with van der Waals surface area (Å²) in [6.07, 6.45) is 2.30. The normalized spacial score (nSPS) is 17.2. The van der Waals surface area contributed by atoms with Crippen LogP contribution in [0.2, 0.25) is 0 Å². The highest BCUT2D eigenvalue weighted by Crippen LogP contribution is 2.49. The van der Waals surface area contributed by atoms with Crippen LogP contribution in [0.1, 0.15) is 55.6 Å². The second-order valence-electron chi connectivity index (χ2n) is 6.09. The third-order valence-electron chi connectivity index (χ3n) is 4.76. The zero-order chi connectivity index (χ0) is 13.5. The molecule has 1 aliphatic carbocycles. The molecule has 0 saturated heterocycles. The zero-order valence-corrected chi connectivity index (χ0v) is 11.8. The molecule has 0 aliphatic heterocycles. The third-order valence-corrected chi connectivity index (χ3v) is 4.76. The average Bonchev–Trinajstić information content (AvgIpc) is 2.67. The molecule has 1 aliphatic rings. The first-order valence-corrected chi connectivity index (χ1v) is 6.82. The summed E-state index contributed by atoms with van der Waals surface area (Å²) >= 11 is 0. The van der Waals surface area contributed by atoms with Gasteiger partial charge in [-0.1, -0.05) is 33.8 Å². The van der Waals surface area contributed by atoms with Gasteiger partial charge in [-0.3, -0.25) is 4.79 Å². The molecule has 2 nitrogen and oxygen atoms in total. The number of amides is 1. The molecule has 0 atom stereocenters. The molecule has 0 aromatic heterocycles. The van der Waals surface area contributed by atoms with Gasteiger partial charge in [0.1, 0.15) is 0 Å². The van der Waals surface area contributed by atoms with Gasteiger partial charge >= 0.3 is 0 Å². The lowest BCUT2D eigenvalue weighted by molar-refractivity contribution is 0.1000. The Morgan fingerprint density at radius 2 is 1.83 bits per heavy atom. The number of primary amides is 1. The van der Waals surface area contributed by atoms with Crippen LogP contribution in [0.4, 0.5) is 0 Å². The number of rotatable bonds is 3. The van der Waals surface area contributed by atoms with Gasteiger partial charge in [-0.05, 0) is 47.9 Å². The first kappa shape index (κ1) is 13.1. The van der Waals surface area contributed by atoms with Gasteiger partial charge < -0.3 is 5.73 Å². The standard InChI is InChI=1S/C16H23NO/c1-10(2)16(11(3)4)8-7-12-5-6-13(15(17)18)9-14(12)16/h5-6,9-11H,7-8H2,1-4H3,(H2,17,18). The Bertz CT molecular complexity index is 466. The van der Waals surface area contributed by atoms with E-state index in [1.54, 1.807) is 0 Å². The van der Waals surface area contributed by atoms with Gasteiger partial charge in [0.25, 0.3) is 0 Å². The molecule has 0 saturated carbocycles. The Balaban J connectivity index is 2.60. The fourth-order valence-electron chi connectivity index (χ4n) is 3.72. The number of fused-ring (bicyclic) bond motifs is 1. The Labute approximate surface area is 110 Å². The number of benzene rings is 1. The van der Waals surface area contributed by atoms with E-state index in [-0.39, 0.29) is 11.3 Å². The van der Waals surface area contributed by atoms with Gasteiger partial charge in [-0.25, -0.2) is 0 Å². The summed E-state index contributed by atoms with van der Waals surface area (Å²) in [4.78, 5) is 11.4. The third kappa shape index (κ3) is 1.75. The van der Waals surface area contributed by atoms with E-state index < -0.39 is 0 Å². The minimum atomic E-state index is -0.328. The Kier molecular flexibility index (Phi) is 3.22. The predicted molar refractivity (Wildman–Crippen MR) is 74.6 cm³/mol. The number of hydrogen-bond donors (Lipinski definition) is 1. The molecule has 1 aromatic rings. The van der Waals surface area contributed by atoms with Gasteiger partial charge in [0.15, 0.2) is 0 Å². The van der Waals surface area contributed by atoms with Crippen LogP contribution in [0.15, 0.2) is 18.2 Å². The van der Waals surface area contributed by atoms with Gasteiger partial charge in [-0.2, -0.15) is 0 Å². The molecule has 1 amide bonds. The maximum Gasteiger partial charge on any atom is 0.248 e. The van der Waals surface area contributed by atoms with Crippen LogP contribution in [-0.2, 0) is 11.8 Å². The minimum absolute atomic E-state index is 0.195. The smallest absolute Gasteiger partial charge is 0.248 e. The Hall–Kier alpha value is -1.31. The van der Waals surface area contributed by atoms with Crippen LogP contribution < -0.4 is 5.73 Å². The summed E-state index contributed by atoms with van der Waals surface area (Å²) in [6.45, 7) is 9.14. The van der Waals surface area contributed by atoms with Crippen molar-refractivity contribution in [2.75, 3.05) is 0 Å². The van der Waals surface area contributed by atoms with Crippen LogP contribution in [-0.4, -0.2) is 5.91 Å². The highest BCUT2D eigenvalue weighted by Gasteiger charge is 2.43. The number of nitrogens with two attached hydrogens (primary N) is 1. The molecule has 0 heterocycles. The fraction of sp³-hybridized carbons (Fsp3) is 0.562. The monoisotopic (exact) mass is 245 g/mol. The second-order valence-corrected chi connectivity index (χ2v) is 6.09. The maximum atomic E-state index is 11.4. The van der Waals surface area contributed by atoms with Crippen molar-refractivity contribution < 1.29 is 4.79 Å². The van der Waals surface area contributed by atoms with Crippen molar-refractivity contribution in [1.82, 2.24) is 0 Å². The molecule has 0 radical (unpaired) electrons. The second kappa shape index (κ2) is 4.42. The molecule has 2 N–H and O–H groups in total. The lowest BCUT2D eigenvalue weighted by atomic mass is 9.65. The number of carbonyl (C=O) groups excluding carboxylic acids is 1. The molecule has 0 spiro atoms. The summed E-state index contributed by atoms with van der Waals surface area (Å²) < 4.78 is 0. The van der Waals surface area contributed by atoms with Crippen molar-refractivity contribution in [2.45, 2.75) is 46.0 Å². The molecule has 2 heteroatoms. The summed E-state index contributed by atoms with van der Waals surface area (Å²) in [5.74, 6) is 0.815. The van der Waals surface area contributed by atoms with E-state index in [1.165, 1.54) is 17.5 Å². The summed E-state index contributed by atoms with van der Waals surface area (Å²) in [5, 5.41) is 0. The number of hydrogen-bond acceptors (Lipinski definition) is 1. The van der Waals surface area contributed by atoms with Crippen molar-refractivity contribution >= 4 is 5.91 Å². The van der Waals surface area contributed by atoms with Gasteiger partial charge in [0.2, 0.25) is 5.91 Å². The predicted octanol–water partition coefficient (Wildman–Crippen LogP) is 3.28. The van der Waals surface area contributed by atoms with Crippen LogP contribution >= 0.6 is 0 Å². The highest BCUT2D eigenvalue weighted by atomic mass is 16.1. The van der Waals surface area contributed by atoms with Crippen LogP contribution in [0.3, 0.4) is 0 Å².